The highest BCUT2D eigenvalue weighted by Crippen LogP contribution is 2.14. The number of aryl methyl sites for hydroxylation is 1. The summed E-state index contributed by atoms with van der Waals surface area (Å²) in [5.41, 5.74) is 0.508. The van der Waals surface area contributed by atoms with Gasteiger partial charge in [-0.25, -0.2) is 0 Å². The molecule has 0 aliphatic rings. The average Bonchev–Trinajstić information content (AvgIpc) is 2.57. The van der Waals surface area contributed by atoms with E-state index in [0.29, 0.717) is 12.1 Å². The molecule has 0 aromatic carbocycles. The molecule has 1 aromatic heterocycles. The van der Waals surface area contributed by atoms with Crippen molar-refractivity contribution < 1.29 is 14.7 Å². The molecule has 2 N–H and O–H groups in total. The van der Waals surface area contributed by atoms with Crippen LogP contribution in [-0.2, 0) is 11.8 Å². The predicted octanol–water partition coefficient (Wildman–Crippen LogP) is 2.16. The van der Waals surface area contributed by atoms with Gasteiger partial charge in [-0.3, -0.25) is 9.59 Å². The summed E-state index contributed by atoms with van der Waals surface area (Å²) in [6.07, 6.45) is 3.21. The fourth-order valence-corrected chi connectivity index (χ4v) is 2.32. The number of nitrogens with one attached hydrogen (secondary N) is 1. The minimum absolute atomic E-state index is 0.0504. The Balaban J connectivity index is 2.71. The van der Waals surface area contributed by atoms with Crippen LogP contribution in [0.3, 0.4) is 0 Å². The third-order valence-electron chi connectivity index (χ3n) is 2.60. The zero-order valence-corrected chi connectivity index (χ0v) is 12.0. The molecule has 1 unspecified atom stereocenters. The van der Waals surface area contributed by atoms with Crippen LogP contribution >= 0.6 is 15.9 Å². The molecule has 0 saturated heterocycles. The molecule has 1 atom stereocenters. The summed E-state index contributed by atoms with van der Waals surface area (Å²) in [6, 6.07) is 1.38. The maximum absolute atomic E-state index is 12.0. The van der Waals surface area contributed by atoms with E-state index in [-0.39, 0.29) is 18.4 Å². The number of rotatable bonds is 6. The van der Waals surface area contributed by atoms with E-state index in [2.05, 4.69) is 21.2 Å². The molecule has 1 heterocycles. The van der Waals surface area contributed by atoms with E-state index in [0.717, 1.165) is 10.9 Å². The molecule has 1 aromatic rings. The molecular weight excluding hydrogens is 300 g/mol. The number of halogens is 1. The molecule has 1 rings (SSSR count). The number of carbonyl (C=O) groups is 2. The number of hydrogen-bond acceptors (Lipinski definition) is 2. The highest BCUT2D eigenvalue weighted by atomic mass is 79.9. The Bertz CT molecular complexity index is 443. The van der Waals surface area contributed by atoms with Gasteiger partial charge < -0.3 is 15.0 Å². The lowest BCUT2D eigenvalue weighted by molar-refractivity contribution is -0.137. The van der Waals surface area contributed by atoms with Gasteiger partial charge in [-0.15, -0.1) is 0 Å². The van der Waals surface area contributed by atoms with Crippen LogP contribution in [0.5, 0.6) is 0 Å². The summed E-state index contributed by atoms with van der Waals surface area (Å²) < 4.78 is 2.52. The Morgan fingerprint density at radius 3 is 2.67 bits per heavy atom. The van der Waals surface area contributed by atoms with Crippen LogP contribution in [0.15, 0.2) is 16.7 Å². The second kappa shape index (κ2) is 6.58. The van der Waals surface area contributed by atoms with Gasteiger partial charge in [-0.05, 0) is 28.4 Å². The largest absolute Gasteiger partial charge is 0.481 e. The van der Waals surface area contributed by atoms with Crippen molar-refractivity contribution in [3.05, 3.63) is 22.4 Å². The van der Waals surface area contributed by atoms with Crippen LogP contribution in [0.1, 0.15) is 36.7 Å². The summed E-state index contributed by atoms with van der Waals surface area (Å²) in [5.74, 6) is -1.15. The summed E-state index contributed by atoms with van der Waals surface area (Å²) >= 11 is 3.29. The Labute approximate surface area is 114 Å². The minimum Gasteiger partial charge on any atom is -0.481 e. The zero-order chi connectivity index (χ0) is 13.7. The van der Waals surface area contributed by atoms with E-state index in [4.69, 9.17) is 5.11 Å². The van der Waals surface area contributed by atoms with Gasteiger partial charge in [0.2, 0.25) is 0 Å². The molecule has 0 radical (unpaired) electrons. The van der Waals surface area contributed by atoms with Crippen molar-refractivity contribution in [2.24, 2.45) is 7.05 Å². The number of carboxylic acids is 1. The fourth-order valence-electron chi connectivity index (χ4n) is 1.79. The van der Waals surface area contributed by atoms with Crippen LogP contribution in [0.2, 0.25) is 0 Å². The third kappa shape index (κ3) is 4.18. The van der Waals surface area contributed by atoms with Crippen molar-refractivity contribution in [3.8, 4) is 0 Å². The number of hydrogen-bond donors (Lipinski definition) is 2. The van der Waals surface area contributed by atoms with Crippen molar-refractivity contribution in [2.45, 2.75) is 32.2 Å². The molecule has 18 heavy (non-hydrogen) atoms. The number of carbonyl (C=O) groups excluding carboxylic acids is 1. The van der Waals surface area contributed by atoms with Crippen molar-refractivity contribution in [2.75, 3.05) is 0 Å². The quantitative estimate of drug-likeness (QED) is 0.844. The third-order valence-corrected chi connectivity index (χ3v) is 3.03. The Kier molecular flexibility index (Phi) is 5.40. The van der Waals surface area contributed by atoms with Gasteiger partial charge in [0.1, 0.15) is 5.69 Å². The molecule has 0 bridgehead atoms. The van der Waals surface area contributed by atoms with Crippen LogP contribution in [0, 0.1) is 0 Å². The van der Waals surface area contributed by atoms with Crippen LogP contribution in [0.25, 0.3) is 0 Å². The Morgan fingerprint density at radius 2 is 2.22 bits per heavy atom. The van der Waals surface area contributed by atoms with Crippen LogP contribution < -0.4 is 5.32 Å². The molecule has 0 spiro atoms. The Hall–Kier alpha value is -1.30. The van der Waals surface area contributed by atoms with Crippen molar-refractivity contribution in [1.82, 2.24) is 9.88 Å². The fraction of sp³-hybridized carbons (Fsp3) is 0.500. The smallest absolute Gasteiger partial charge is 0.305 e. The summed E-state index contributed by atoms with van der Waals surface area (Å²) in [6.45, 7) is 1.96. The van der Waals surface area contributed by atoms with E-state index in [1.54, 1.807) is 23.9 Å². The molecule has 6 heteroatoms. The van der Waals surface area contributed by atoms with Gasteiger partial charge in [-0.2, -0.15) is 0 Å². The van der Waals surface area contributed by atoms with Gasteiger partial charge >= 0.3 is 5.97 Å². The highest BCUT2D eigenvalue weighted by molar-refractivity contribution is 9.10. The number of nitrogens with zero attached hydrogens (tertiary/aromatic N) is 1. The lowest BCUT2D eigenvalue weighted by Gasteiger charge is -2.16. The predicted molar refractivity (Wildman–Crippen MR) is 71.5 cm³/mol. The molecule has 0 fully saturated rings. The molecule has 1 amide bonds. The average molecular weight is 317 g/mol. The first kappa shape index (κ1) is 14.8. The number of aromatic nitrogens is 1. The van der Waals surface area contributed by atoms with Crippen LogP contribution in [-0.4, -0.2) is 27.6 Å². The normalized spacial score (nSPS) is 12.2. The standard InChI is InChI=1S/C12H17BrN2O3/c1-3-4-9(6-11(16)17)14-12(18)10-5-8(13)7-15(10)2/h5,7,9H,3-4,6H2,1-2H3,(H,14,18)(H,16,17). The molecule has 5 nitrogen and oxygen atoms in total. The first-order valence-corrected chi connectivity index (χ1v) is 6.57. The molecular formula is C12H17BrN2O3. The number of carboxylic acid groups (broad SMARTS) is 1. The number of aliphatic carboxylic acids is 1. The summed E-state index contributed by atoms with van der Waals surface area (Å²) in [5, 5.41) is 11.5. The summed E-state index contributed by atoms with van der Waals surface area (Å²) in [7, 11) is 1.77. The van der Waals surface area contributed by atoms with E-state index in [1.807, 2.05) is 6.92 Å². The highest BCUT2D eigenvalue weighted by Gasteiger charge is 2.18. The molecule has 0 aliphatic carbocycles. The summed E-state index contributed by atoms with van der Waals surface area (Å²) in [4.78, 5) is 22.7. The van der Waals surface area contributed by atoms with E-state index in [1.165, 1.54) is 0 Å². The van der Waals surface area contributed by atoms with Gasteiger partial charge in [0.05, 0.1) is 6.42 Å². The van der Waals surface area contributed by atoms with Crippen molar-refractivity contribution in [3.63, 3.8) is 0 Å². The van der Waals surface area contributed by atoms with E-state index in [9.17, 15) is 9.59 Å². The van der Waals surface area contributed by atoms with Crippen molar-refractivity contribution >= 4 is 27.8 Å². The number of amides is 1. The first-order chi connectivity index (χ1) is 8.43. The second-order valence-electron chi connectivity index (χ2n) is 4.21. The van der Waals surface area contributed by atoms with E-state index < -0.39 is 5.97 Å². The monoisotopic (exact) mass is 316 g/mol. The molecule has 0 aliphatic heterocycles. The lowest BCUT2D eigenvalue weighted by Crippen LogP contribution is -2.37. The topological polar surface area (TPSA) is 71.3 Å². The van der Waals surface area contributed by atoms with Gasteiger partial charge in [0.25, 0.3) is 5.91 Å². The molecule has 0 saturated carbocycles. The second-order valence-corrected chi connectivity index (χ2v) is 5.13. The van der Waals surface area contributed by atoms with Gasteiger partial charge in [0, 0.05) is 23.8 Å². The maximum atomic E-state index is 12.0. The van der Waals surface area contributed by atoms with Gasteiger partial charge in [0.15, 0.2) is 0 Å². The Morgan fingerprint density at radius 1 is 1.56 bits per heavy atom. The lowest BCUT2D eigenvalue weighted by atomic mass is 10.1. The first-order valence-electron chi connectivity index (χ1n) is 5.78. The maximum Gasteiger partial charge on any atom is 0.305 e. The SMILES string of the molecule is CCCC(CC(=O)O)NC(=O)c1cc(Br)cn1C. The van der Waals surface area contributed by atoms with E-state index >= 15 is 0 Å². The van der Waals surface area contributed by atoms with Gasteiger partial charge in [-0.1, -0.05) is 13.3 Å². The van der Waals surface area contributed by atoms with Crippen LogP contribution in [0.4, 0.5) is 0 Å². The molecule has 100 valence electrons. The minimum atomic E-state index is -0.901. The van der Waals surface area contributed by atoms with Crippen molar-refractivity contribution in [1.29, 1.82) is 0 Å². The zero-order valence-electron chi connectivity index (χ0n) is 10.4.